The molecule has 2 aromatic heterocycles. The average Bonchev–Trinajstić information content (AvgIpc) is 3.48. The van der Waals surface area contributed by atoms with Crippen molar-refractivity contribution in [3.8, 4) is 5.82 Å². The van der Waals surface area contributed by atoms with Crippen molar-refractivity contribution in [2.75, 3.05) is 5.32 Å². The number of benzene rings is 1. The number of anilines is 1. The van der Waals surface area contributed by atoms with Gasteiger partial charge in [-0.05, 0) is 66.0 Å². The molecular formula is C24H23BrCl2N6O3. The molecule has 0 spiro atoms. The molecule has 9 nitrogen and oxygen atoms in total. The smallest absolute Gasteiger partial charge is 0.274 e. The summed E-state index contributed by atoms with van der Waals surface area (Å²) in [6.07, 6.45) is 1.83. The van der Waals surface area contributed by atoms with Gasteiger partial charge in [0.05, 0.1) is 16.4 Å². The summed E-state index contributed by atoms with van der Waals surface area (Å²) in [5.41, 5.74) is 2.47. The Morgan fingerprint density at radius 3 is 2.81 bits per heavy atom. The van der Waals surface area contributed by atoms with Crippen LogP contribution in [-0.2, 0) is 9.63 Å². The van der Waals surface area contributed by atoms with Crippen LogP contribution in [0, 0.1) is 6.92 Å². The third-order valence-corrected chi connectivity index (χ3v) is 6.56. The van der Waals surface area contributed by atoms with Gasteiger partial charge in [-0.25, -0.2) is 9.67 Å². The first-order valence-electron chi connectivity index (χ1n) is 11.2. The fraction of sp³-hybridized carbons (Fsp3) is 0.292. The molecule has 0 bridgehead atoms. The van der Waals surface area contributed by atoms with Gasteiger partial charge < -0.3 is 15.5 Å². The summed E-state index contributed by atoms with van der Waals surface area (Å²) in [4.78, 5) is 35.6. The minimum atomic E-state index is -0.763. The number of aromatic nitrogens is 3. The van der Waals surface area contributed by atoms with E-state index in [1.54, 1.807) is 36.5 Å². The molecule has 0 saturated heterocycles. The zero-order valence-electron chi connectivity index (χ0n) is 19.7. The summed E-state index contributed by atoms with van der Waals surface area (Å²) < 4.78 is 1.80. The molecule has 2 atom stereocenters. The molecule has 0 saturated carbocycles. The lowest BCUT2D eigenvalue weighted by atomic mass is 9.99. The second-order valence-electron chi connectivity index (χ2n) is 8.33. The zero-order valence-corrected chi connectivity index (χ0v) is 22.8. The van der Waals surface area contributed by atoms with Crippen molar-refractivity contribution in [2.45, 2.75) is 45.8 Å². The number of nitrogens with zero attached hydrogens (tertiary/aromatic N) is 4. The van der Waals surface area contributed by atoms with Crippen molar-refractivity contribution in [3.63, 3.8) is 0 Å². The van der Waals surface area contributed by atoms with Crippen molar-refractivity contribution in [3.05, 3.63) is 68.0 Å². The maximum Gasteiger partial charge on any atom is 0.274 e. The van der Waals surface area contributed by atoms with Crippen molar-refractivity contribution in [1.82, 2.24) is 20.1 Å². The summed E-state index contributed by atoms with van der Waals surface area (Å²) in [5.74, 6) is -0.382. The van der Waals surface area contributed by atoms with Gasteiger partial charge in [0.15, 0.2) is 5.82 Å². The minimum Gasteiger partial charge on any atom is -0.382 e. The van der Waals surface area contributed by atoms with E-state index >= 15 is 0 Å². The van der Waals surface area contributed by atoms with Gasteiger partial charge in [0.25, 0.3) is 11.8 Å². The molecule has 3 aromatic rings. The Balaban J connectivity index is 1.63. The molecule has 1 aliphatic heterocycles. The molecule has 0 aliphatic carbocycles. The number of amides is 2. The Morgan fingerprint density at radius 2 is 2.08 bits per heavy atom. The van der Waals surface area contributed by atoms with Gasteiger partial charge >= 0.3 is 0 Å². The van der Waals surface area contributed by atoms with Crippen molar-refractivity contribution in [2.24, 2.45) is 5.16 Å². The van der Waals surface area contributed by atoms with Gasteiger partial charge in [-0.1, -0.05) is 35.3 Å². The number of aryl methyl sites for hydroxylation is 1. The summed E-state index contributed by atoms with van der Waals surface area (Å²) in [6.45, 7) is 5.72. The molecule has 1 aliphatic rings. The SMILES string of the molecule is CCC(C)NC(=O)C1CC(c2cc(Cl)cc(C)c2NC(=O)c2cc(Br)nn2-c2ncccc2Cl)=NO1. The van der Waals surface area contributed by atoms with Crippen LogP contribution in [0.3, 0.4) is 0 Å². The van der Waals surface area contributed by atoms with Crippen LogP contribution in [0.5, 0.6) is 0 Å². The van der Waals surface area contributed by atoms with Crippen LogP contribution in [0.4, 0.5) is 5.69 Å². The van der Waals surface area contributed by atoms with Crippen LogP contribution in [0.15, 0.2) is 46.3 Å². The zero-order chi connectivity index (χ0) is 26.0. The standard InChI is InChI=1S/C24H23BrCl2N6O3/c1-4-13(3)29-24(35)19-10-17(32-36-19)15-9-14(26)8-12(2)21(15)30-23(34)18-11-20(25)31-33(18)22-16(27)6-5-7-28-22/h5-9,11,13,19H,4,10H2,1-3H3,(H,29,35)(H,30,34). The molecule has 12 heteroatoms. The monoisotopic (exact) mass is 592 g/mol. The molecule has 0 radical (unpaired) electrons. The molecule has 2 unspecified atom stereocenters. The number of rotatable bonds is 7. The van der Waals surface area contributed by atoms with Gasteiger partial charge in [-0.15, -0.1) is 0 Å². The molecule has 188 valence electrons. The van der Waals surface area contributed by atoms with E-state index in [4.69, 9.17) is 28.0 Å². The maximum atomic E-state index is 13.4. The van der Waals surface area contributed by atoms with Crippen molar-refractivity contribution >= 4 is 62.3 Å². The van der Waals surface area contributed by atoms with E-state index in [0.29, 0.717) is 43.0 Å². The minimum absolute atomic E-state index is 0.0187. The van der Waals surface area contributed by atoms with Crippen LogP contribution in [0.25, 0.3) is 5.82 Å². The van der Waals surface area contributed by atoms with Crippen LogP contribution < -0.4 is 10.6 Å². The molecule has 3 heterocycles. The number of hydrogen-bond donors (Lipinski definition) is 2. The molecule has 2 amide bonds. The normalized spacial score (nSPS) is 15.7. The van der Waals surface area contributed by atoms with Gasteiger partial charge in [-0.2, -0.15) is 5.10 Å². The predicted molar refractivity (Wildman–Crippen MR) is 142 cm³/mol. The van der Waals surface area contributed by atoms with E-state index in [-0.39, 0.29) is 24.1 Å². The van der Waals surface area contributed by atoms with Gasteiger partial charge in [-0.3, -0.25) is 9.59 Å². The van der Waals surface area contributed by atoms with E-state index in [0.717, 1.165) is 6.42 Å². The van der Waals surface area contributed by atoms with E-state index in [1.807, 2.05) is 20.8 Å². The Hall–Kier alpha value is -2.95. The summed E-state index contributed by atoms with van der Waals surface area (Å²) in [5, 5.41) is 15.1. The van der Waals surface area contributed by atoms with Gasteiger partial charge in [0.2, 0.25) is 6.10 Å². The van der Waals surface area contributed by atoms with Crippen LogP contribution in [-0.4, -0.2) is 44.4 Å². The highest BCUT2D eigenvalue weighted by Crippen LogP contribution is 2.31. The lowest BCUT2D eigenvalue weighted by Crippen LogP contribution is -2.39. The highest BCUT2D eigenvalue weighted by atomic mass is 79.9. The first-order valence-corrected chi connectivity index (χ1v) is 12.7. The number of oxime groups is 1. The predicted octanol–water partition coefficient (Wildman–Crippen LogP) is 5.31. The van der Waals surface area contributed by atoms with Crippen molar-refractivity contribution < 1.29 is 14.4 Å². The molecule has 1 aromatic carbocycles. The second kappa shape index (κ2) is 11.0. The fourth-order valence-electron chi connectivity index (χ4n) is 3.64. The van der Waals surface area contributed by atoms with Gasteiger partial charge in [0, 0.05) is 35.3 Å². The summed E-state index contributed by atoms with van der Waals surface area (Å²) >= 11 is 15.9. The largest absolute Gasteiger partial charge is 0.382 e. The van der Waals surface area contributed by atoms with E-state index in [2.05, 4.69) is 41.8 Å². The van der Waals surface area contributed by atoms with Crippen LogP contribution in [0.1, 0.15) is 48.3 Å². The first kappa shape index (κ1) is 26.1. The summed E-state index contributed by atoms with van der Waals surface area (Å²) in [6, 6.07) is 8.35. The van der Waals surface area contributed by atoms with Crippen LogP contribution >= 0.6 is 39.1 Å². The third kappa shape index (κ3) is 5.55. The maximum absolute atomic E-state index is 13.4. The molecular weight excluding hydrogens is 571 g/mol. The van der Waals surface area contributed by atoms with E-state index < -0.39 is 12.0 Å². The lowest BCUT2D eigenvalue weighted by Gasteiger charge is -2.16. The highest BCUT2D eigenvalue weighted by Gasteiger charge is 2.31. The van der Waals surface area contributed by atoms with E-state index in [1.165, 1.54) is 4.68 Å². The number of hydrogen-bond acceptors (Lipinski definition) is 6. The number of carbonyl (C=O) groups excluding carboxylic acids is 2. The molecule has 4 rings (SSSR count). The molecule has 2 N–H and O–H groups in total. The Morgan fingerprint density at radius 1 is 1.31 bits per heavy atom. The average molecular weight is 594 g/mol. The number of nitrogens with one attached hydrogen (secondary N) is 2. The van der Waals surface area contributed by atoms with Gasteiger partial charge in [0.1, 0.15) is 10.3 Å². The van der Waals surface area contributed by atoms with Crippen LogP contribution in [0.2, 0.25) is 10.0 Å². The summed E-state index contributed by atoms with van der Waals surface area (Å²) in [7, 11) is 0. The Kier molecular flexibility index (Phi) is 7.97. The quantitative estimate of drug-likeness (QED) is 0.386. The Labute approximate surface area is 226 Å². The molecule has 0 fully saturated rings. The number of halogens is 3. The second-order valence-corrected chi connectivity index (χ2v) is 9.98. The topological polar surface area (TPSA) is 111 Å². The first-order chi connectivity index (χ1) is 17.2. The van der Waals surface area contributed by atoms with E-state index in [9.17, 15) is 9.59 Å². The fourth-order valence-corrected chi connectivity index (χ4v) is 4.49. The molecule has 36 heavy (non-hydrogen) atoms. The Bertz CT molecular complexity index is 1360. The lowest BCUT2D eigenvalue weighted by molar-refractivity contribution is -0.131. The third-order valence-electron chi connectivity index (χ3n) is 5.66. The van der Waals surface area contributed by atoms with Crippen molar-refractivity contribution in [1.29, 1.82) is 0 Å². The highest BCUT2D eigenvalue weighted by molar-refractivity contribution is 9.10. The number of pyridine rings is 1. The number of carbonyl (C=O) groups is 2.